The number of hydrogen-bond acceptors (Lipinski definition) is 2. The number of amides is 2. The Morgan fingerprint density at radius 3 is 2.56 bits per heavy atom. The van der Waals surface area contributed by atoms with E-state index in [1.165, 1.54) is 12.8 Å². The molecule has 0 aromatic rings. The van der Waals surface area contributed by atoms with E-state index < -0.39 is 5.97 Å². The van der Waals surface area contributed by atoms with Crippen molar-refractivity contribution in [2.45, 2.75) is 52.0 Å². The molecule has 1 aliphatic rings. The summed E-state index contributed by atoms with van der Waals surface area (Å²) in [5, 5.41) is 14.2. The van der Waals surface area contributed by atoms with Gasteiger partial charge in [-0.1, -0.05) is 19.8 Å². The van der Waals surface area contributed by atoms with E-state index in [2.05, 4.69) is 10.6 Å². The Hall–Kier alpha value is -1.26. The van der Waals surface area contributed by atoms with Gasteiger partial charge in [-0.2, -0.15) is 0 Å². The minimum atomic E-state index is -0.788. The highest BCUT2D eigenvalue weighted by Crippen LogP contribution is 2.33. The molecule has 2 unspecified atom stereocenters. The maximum Gasteiger partial charge on any atom is 0.315 e. The second-order valence-electron chi connectivity index (χ2n) is 5.47. The van der Waals surface area contributed by atoms with Gasteiger partial charge < -0.3 is 15.7 Å². The van der Waals surface area contributed by atoms with Crippen molar-refractivity contribution < 1.29 is 14.7 Å². The molecule has 0 radical (unpaired) electrons. The molecule has 0 aliphatic heterocycles. The Morgan fingerprint density at radius 1 is 1.33 bits per heavy atom. The predicted molar refractivity (Wildman–Crippen MR) is 69.4 cm³/mol. The van der Waals surface area contributed by atoms with Crippen LogP contribution in [0.2, 0.25) is 0 Å². The second kappa shape index (κ2) is 7.24. The van der Waals surface area contributed by atoms with E-state index in [4.69, 9.17) is 5.11 Å². The first-order valence-corrected chi connectivity index (χ1v) is 6.73. The summed E-state index contributed by atoms with van der Waals surface area (Å²) < 4.78 is 0. The summed E-state index contributed by atoms with van der Waals surface area (Å²) >= 11 is 0. The zero-order valence-electron chi connectivity index (χ0n) is 11.2. The van der Waals surface area contributed by atoms with Gasteiger partial charge in [-0.25, -0.2) is 4.79 Å². The molecule has 0 aromatic carbocycles. The van der Waals surface area contributed by atoms with Crippen LogP contribution in [0.4, 0.5) is 4.79 Å². The lowest BCUT2D eigenvalue weighted by Crippen LogP contribution is -2.42. The lowest BCUT2D eigenvalue weighted by Gasteiger charge is -2.16. The quantitative estimate of drug-likeness (QED) is 0.621. The van der Waals surface area contributed by atoms with Gasteiger partial charge in [-0.15, -0.1) is 0 Å². The van der Waals surface area contributed by atoms with Gasteiger partial charge in [0.25, 0.3) is 0 Å². The van der Waals surface area contributed by atoms with Crippen molar-refractivity contribution in [3.05, 3.63) is 0 Å². The van der Waals surface area contributed by atoms with Crippen LogP contribution in [0.15, 0.2) is 0 Å². The van der Waals surface area contributed by atoms with Crippen LogP contribution >= 0.6 is 0 Å². The van der Waals surface area contributed by atoms with E-state index in [9.17, 15) is 9.59 Å². The number of nitrogens with one attached hydrogen (secondary N) is 2. The van der Waals surface area contributed by atoms with Crippen LogP contribution in [0.3, 0.4) is 0 Å². The Balaban J connectivity index is 2.05. The maximum atomic E-state index is 11.6. The molecule has 2 amide bonds. The third-order valence-corrected chi connectivity index (χ3v) is 3.22. The molecule has 104 valence electrons. The molecule has 1 rings (SSSR count). The minimum absolute atomic E-state index is 0.148. The SMILES string of the molecule is CC(CCC(=O)O)CNC(=O)NC(C)CC1CC1. The fourth-order valence-corrected chi connectivity index (χ4v) is 1.93. The zero-order valence-corrected chi connectivity index (χ0v) is 11.2. The van der Waals surface area contributed by atoms with Crippen LogP contribution in [0, 0.1) is 11.8 Å². The molecule has 1 aliphatic carbocycles. The summed E-state index contributed by atoms with van der Waals surface area (Å²) in [6.07, 6.45) is 4.39. The van der Waals surface area contributed by atoms with E-state index in [1.807, 2.05) is 13.8 Å². The van der Waals surface area contributed by atoms with E-state index >= 15 is 0 Å². The van der Waals surface area contributed by atoms with Gasteiger partial charge in [-0.05, 0) is 31.6 Å². The lowest BCUT2D eigenvalue weighted by molar-refractivity contribution is -0.137. The monoisotopic (exact) mass is 256 g/mol. The number of carbonyl (C=O) groups excluding carboxylic acids is 1. The number of carbonyl (C=O) groups is 2. The number of urea groups is 1. The lowest BCUT2D eigenvalue weighted by atomic mass is 10.1. The van der Waals surface area contributed by atoms with E-state index in [0.717, 1.165) is 12.3 Å². The maximum absolute atomic E-state index is 11.6. The van der Waals surface area contributed by atoms with Gasteiger partial charge in [0, 0.05) is 19.0 Å². The van der Waals surface area contributed by atoms with Gasteiger partial charge in [0.05, 0.1) is 0 Å². The van der Waals surface area contributed by atoms with Gasteiger partial charge >= 0.3 is 12.0 Å². The van der Waals surface area contributed by atoms with Crippen LogP contribution in [-0.2, 0) is 4.79 Å². The summed E-state index contributed by atoms with van der Waals surface area (Å²) in [5.41, 5.74) is 0. The summed E-state index contributed by atoms with van der Waals surface area (Å²) in [7, 11) is 0. The normalized spacial score (nSPS) is 17.9. The Kier molecular flexibility index (Phi) is 5.95. The molecule has 5 nitrogen and oxygen atoms in total. The average Bonchev–Trinajstić information content (AvgIpc) is 3.07. The van der Waals surface area contributed by atoms with Crippen LogP contribution in [0.5, 0.6) is 0 Å². The molecular formula is C13H24N2O3. The molecule has 5 heteroatoms. The van der Waals surface area contributed by atoms with Crippen molar-refractivity contribution in [1.29, 1.82) is 0 Å². The Morgan fingerprint density at radius 2 is 2.00 bits per heavy atom. The first kappa shape index (κ1) is 14.8. The van der Waals surface area contributed by atoms with Crippen molar-refractivity contribution in [2.24, 2.45) is 11.8 Å². The van der Waals surface area contributed by atoms with Crippen molar-refractivity contribution >= 4 is 12.0 Å². The second-order valence-corrected chi connectivity index (χ2v) is 5.47. The number of rotatable bonds is 8. The molecule has 1 fully saturated rings. The number of carboxylic acid groups (broad SMARTS) is 1. The largest absolute Gasteiger partial charge is 0.481 e. The van der Waals surface area contributed by atoms with E-state index in [0.29, 0.717) is 13.0 Å². The first-order chi connectivity index (χ1) is 8.47. The first-order valence-electron chi connectivity index (χ1n) is 6.73. The summed E-state index contributed by atoms with van der Waals surface area (Å²) in [6.45, 7) is 4.48. The van der Waals surface area contributed by atoms with Gasteiger partial charge in [0.1, 0.15) is 0 Å². The molecule has 0 aromatic heterocycles. The molecular weight excluding hydrogens is 232 g/mol. The molecule has 0 spiro atoms. The molecule has 1 saturated carbocycles. The number of hydrogen-bond donors (Lipinski definition) is 3. The number of aliphatic carboxylic acids is 1. The average molecular weight is 256 g/mol. The third kappa shape index (κ3) is 7.14. The van der Waals surface area contributed by atoms with Crippen LogP contribution < -0.4 is 10.6 Å². The molecule has 3 N–H and O–H groups in total. The van der Waals surface area contributed by atoms with Crippen molar-refractivity contribution in [3.8, 4) is 0 Å². The highest BCUT2D eigenvalue weighted by atomic mass is 16.4. The van der Waals surface area contributed by atoms with Crippen LogP contribution in [0.25, 0.3) is 0 Å². The highest BCUT2D eigenvalue weighted by molar-refractivity contribution is 5.74. The molecule has 2 atom stereocenters. The van der Waals surface area contributed by atoms with Gasteiger partial charge in [0.15, 0.2) is 0 Å². The summed E-state index contributed by atoms with van der Waals surface area (Å²) in [4.78, 5) is 22.0. The number of carboxylic acids is 1. The van der Waals surface area contributed by atoms with Gasteiger partial charge in [0.2, 0.25) is 0 Å². The van der Waals surface area contributed by atoms with Crippen LogP contribution in [-0.4, -0.2) is 29.7 Å². The standard InChI is InChI=1S/C13H24N2O3/c1-9(3-6-12(16)17)8-14-13(18)15-10(2)7-11-4-5-11/h9-11H,3-8H2,1-2H3,(H,16,17)(H2,14,15,18). The summed E-state index contributed by atoms with van der Waals surface area (Å²) in [5.74, 6) is 0.199. The molecule has 0 saturated heterocycles. The Bertz CT molecular complexity index is 290. The smallest absolute Gasteiger partial charge is 0.315 e. The fraction of sp³-hybridized carbons (Fsp3) is 0.846. The fourth-order valence-electron chi connectivity index (χ4n) is 1.93. The topological polar surface area (TPSA) is 78.4 Å². The van der Waals surface area contributed by atoms with Crippen molar-refractivity contribution in [2.75, 3.05) is 6.54 Å². The van der Waals surface area contributed by atoms with Gasteiger partial charge in [-0.3, -0.25) is 4.79 Å². The minimum Gasteiger partial charge on any atom is -0.481 e. The molecule has 18 heavy (non-hydrogen) atoms. The molecule has 0 bridgehead atoms. The predicted octanol–water partition coefficient (Wildman–Crippen LogP) is 1.98. The zero-order chi connectivity index (χ0) is 13.5. The highest BCUT2D eigenvalue weighted by Gasteiger charge is 2.24. The molecule has 0 heterocycles. The van der Waals surface area contributed by atoms with E-state index in [-0.39, 0.29) is 24.4 Å². The third-order valence-electron chi connectivity index (χ3n) is 3.22. The van der Waals surface area contributed by atoms with Crippen molar-refractivity contribution in [3.63, 3.8) is 0 Å². The Labute approximate surface area is 108 Å². The van der Waals surface area contributed by atoms with Crippen LogP contribution in [0.1, 0.15) is 46.0 Å². The van der Waals surface area contributed by atoms with Crippen molar-refractivity contribution in [1.82, 2.24) is 10.6 Å². The van der Waals surface area contributed by atoms with E-state index in [1.54, 1.807) is 0 Å². The summed E-state index contributed by atoms with van der Waals surface area (Å²) in [6, 6.07) is 0.0668.